The molecule has 0 aliphatic rings. The normalized spacial score (nSPS) is 12.4. The van der Waals surface area contributed by atoms with Crippen LogP contribution < -0.4 is 5.73 Å². The summed E-state index contributed by atoms with van der Waals surface area (Å²) in [5, 5.41) is 0. The number of benzene rings is 1. The zero-order valence-electron chi connectivity index (χ0n) is 9.69. The van der Waals surface area contributed by atoms with Gasteiger partial charge in [0.1, 0.15) is 5.78 Å². The van der Waals surface area contributed by atoms with Crippen LogP contribution in [0.3, 0.4) is 0 Å². The number of ether oxygens (including phenoxy) is 1. The van der Waals surface area contributed by atoms with Crippen LogP contribution in [0.4, 0.5) is 0 Å². The average molecular weight is 221 g/mol. The largest absolute Gasteiger partial charge is 0.376 e. The highest BCUT2D eigenvalue weighted by Crippen LogP contribution is 2.01. The maximum absolute atomic E-state index is 11.3. The van der Waals surface area contributed by atoms with E-state index in [0.717, 1.165) is 5.56 Å². The first-order valence-corrected chi connectivity index (χ1v) is 5.57. The van der Waals surface area contributed by atoms with Gasteiger partial charge in [-0.2, -0.15) is 0 Å². The minimum Gasteiger partial charge on any atom is -0.376 e. The molecule has 1 aromatic carbocycles. The van der Waals surface area contributed by atoms with Crippen molar-refractivity contribution < 1.29 is 9.53 Å². The van der Waals surface area contributed by atoms with Crippen molar-refractivity contribution in [3.63, 3.8) is 0 Å². The molecule has 1 atom stereocenters. The standard InChI is InChI=1S/C13H19NO2/c1-11(14)9-13(15)7-8-16-10-12-5-3-2-4-6-12/h2-6,11H,7-10,14H2,1H3. The second kappa shape index (κ2) is 7.14. The van der Waals surface area contributed by atoms with Gasteiger partial charge in [-0.25, -0.2) is 0 Å². The fourth-order valence-electron chi connectivity index (χ4n) is 1.41. The van der Waals surface area contributed by atoms with E-state index in [1.807, 2.05) is 37.3 Å². The Labute approximate surface area is 96.6 Å². The summed E-state index contributed by atoms with van der Waals surface area (Å²) in [5.41, 5.74) is 6.65. The lowest BCUT2D eigenvalue weighted by atomic mass is 10.1. The molecule has 0 bridgehead atoms. The van der Waals surface area contributed by atoms with Crippen LogP contribution in [-0.2, 0) is 16.1 Å². The topological polar surface area (TPSA) is 52.3 Å². The molecule has 1 aromatic rings. The Balaban J connectivity index is 2.10. The van der Waals surface area contributed by atoms with E-state index in [2.05, 4.69) is 0 Å². The first-order valence-electron chi connectivity index (χ1n) is 5.57. The van der Waals surface area contributed by atoms with Gasteiger partial charge in [0.15, 0.2) is 0 Å². The molecule has 0 radical (unpaired) electrons. The van der Waals surface area contributed by atoms with Crippen molar-refractivity contribution in [2.24, 2.45) is 5.73 Å². The Hall–Kier alpha value is -1.19. The molecule has 88 valence electrons. The Morgan fingerprint density at radius 2 is 2.06 bits per heavy atom. The van der Waals surface area contributed by atoms with Crippen molar-refractivity contribution in [2.75, 3.05) is 6.61 Å². The van der Waals surface area contributed by atoms with E-state index in [1.165, 1.54) is 0 Å². The predicted molar refractivity (Wildman–Crippen MR) is 64.0 cm³/mol. The summed E-state index contributed by atoms with van der Waals surface area (Å²) in [4.78, 5) is 11.3. The van der Waals surface area contributed by atoms with Crippen LogP contribution >= 0.6 is 0 Å². The van der Waals surface area contributed by atoms with Crippen LogP contribution in [-0.4, -0.2) is 18.4 Å². The SMILES string of the molecule is CC(N)CC(=O)CCOCc1ccccc1. The minimum atomic E-state index is -0.0541. The third-order valence-corrected chi connectivity index (χ3v) is 2.19. The zero-order chi connectivity index (χ0) is 11.8. The van der Waals surface area contributed by atoms with Crippen molar-refractivity contribution in [1.82, 2.24) is 0 Å². The minimum absolute atomic E-state index is 0.0541. The molecule has 3 heteroatoms. The van der Waals surface area contributed by atoms with Crippen molar-refractivity contribution in [3.05, 3.63) is 35.9 Å². The first kappa shape index (κ1) is 12.9. The molecule has 0 amide bonds. The smallest absolute Gasteiger partial charge is 0.136 e. The van der Waals surface area contributed by atoms with Gasteiger partial charge < -0.3 is 10.5 Å². The second-order valence-electron chi connectivity index (χ2n) is 4.01. The molecule has 16 heavy (non-hydrogen) atoms. The van der Waals surface area contributed by atoms with Gasteiger partial charge in [-0.3, -0.25) is 4.79 Å². The first-order chi connectivity index (χ1) is 7.68. The molecule has 0 saturated carbocycles. The van der Waals surface area contributed by atoms with Crippen LogP contribution in [0.1, 0.15) is 25.3 Å². The monoisotopic (exact) mass is 221 g/mol. The number of hydrogen-bond acceptors (Lipinski definition) is 3. The van der Waals surface area contributed by atoms with E-state index in [1.54, 1.807) is 0 Å². The number of Topliss-reactive ketones (excluding diaryl/α,β-unsaturated/α-hetero) is 1. The molecule has 0 saturated heterocycles. The van der Waals surface area contributed by atoms with Gasteiger partial charge in [0.25, 0.3) is 0 Å². The van der Waals surface area contributed by atoms with E-state index in [0.29, 0.717) is 26.1 Å². The highest BCUT2D eigenvalue weighted by Gasteiger charge is 2.04. The second-order valence-corrected chi connectivity index (χ2v) is 4.01. The Kier molecular flexibility index (Phi) is 5.75. The highest BCUT2D eigenvalue weighted by molar-refractivity contribution is 5.78. The van der Waals surface area contributed by atoms with E-state index in [4.69, 9.17) is 10.5 Å². The number of ketones is 1. The number of hydrogen-bond donors (Lipinski definition) is 1. The van der Waals surface area contributed by atoms with Gasteiger partial charge in [-0.15, -0.1) is 0 Å². The van der Waals surface area contributed by atoms with Gasteiger partial charge in [0.2, 0.25) is 0 Å². The summed E-state index contributed by atoms with van der Waals surface area (Å²) in [7, 11) is 0. The van der Waals surface area contributed by atoms with Crippen LogP contribution in [0.25, 0.3) is 0 Å². The van der Waals surface area contributed by atoms with E-state index >= 15 is 0 Å². The van der Waals surface area contributed by atoms with Crippen molar-refractivity contribution in [1.29, 1.82) is 0 Å². The van der Waals surface area contributed by atoms with Gasteiger partial charge in [0.05, 0.1) is 13.2 Å². The fourth-order valence-corrected chi connectivity index (χ4v) is 1.41. The molecule has 0 aliphatic carbocycles. The molecule has 0 heterocycles. The maximum Gasteiger partial charge on any atom is 0.136 e. The van der Waals surface area contributed by atoms with Crippen molar-refractivity contribution in [2.45, 2.75) is 32.4 Å². The summed E-state index contributed by atoms with van der Waals surface area (Å²) in [6.45, 7) is 2.87. The fraction of sp³-hybridized carbons (Fsp3) is 0.462. The van der Waals surface area contributed by atoms with Crippen LogP contribution in [0.15, 0.2) is 30.3 Å². The highest BCUT2D eigenvalue weighted by atomic mass is 16.5. The van der Waals surface area contributed by atoms with Gasteiger partial charge in [0, 0.05) is 18.9 Å². The molecule has 2 N–H and O–H groups in total. The quantitative estimate of drug-likeness (QED) is 0.715. The van der Waals surface area contributed by atoms with Gasteiger partial charge >= 0.3 is 0 Å². The summed E-state index contributed by atoms with van der Waals surface area (Å²) in [6.07, 6.45) is 0.892. The Morgan fingerprint density at radius 1 is 1.38 bits per heavy atom. The Bertz CT molecular complexity index is 309. The number of nitrogens with two attached hydrogens (primary N) is 1. The lowest BCUT2D eigenvalue weighted by Crippen LogP contribution is -2.20. The molecular formula is C13H19NO2. The molecule has 0 aliphatic heterocycles. The van der Waals surface area contributed by atoms with Gasteiger partial charge in [-0.05, 0) is 12.5 Å². The molecule has 0 spiro atoms. The number of rotatable bonds is 7. The summed E-state index contributed by atoms with van der Waals surface area (Å²) in [5.74, 6) is 0.170. The average Bonchev–Trinajstić information content (AvgIpc) is 2.25. The summed E-state index contributed by atoms with van der Waals surface area (Å²) in [6, 6.07) is 9.87. The lowest BCUT2D eigenvalue weighted by Gasteiger charge is -2.05. The molecule has 0 fully saturated rings. The van der Waals surface area contributed by atoms with Crippen molar-refractivity contribution >= 4 is 5.78 Å². The van der Waals surface area contributed by atoms with Crippen LogP contribution in [0, 0.1) is 0 Å². The molecule has 1 rings (SSSR count). The molecule has 3 nitrogen and oxygen atoms in total. The molecular weight excluding hydrogens is 202 g/mol. The third kappa shape index (κ3) is 5.63. The van der Waals surface area contributed by atoms with Crippen LogP contribution in [0.2, 0.25) is 0 Å². The zero-order valence-corrected chi connectivity index (χ0v) is 9.69. The predicted octanol–water partition coefficient (Wildman–Crippen LogP) is 1.90. The maximum atomic E-state index is 11.3. The van der Waals surface area contributed by atoms with E-state index in [9.17, 15) is 4.79 Å². The summed E-state index contributed by atoms with van der Waals surface area (Å²) >= 11 is 0. The molecule has 0 aromatic heterocycles. The lowest BCUT2D eigenvalue weighted by molar-refractivity contribution is -0.120. The van der Waals surface area contributed by atoms with E-state index < -0.39 is 0 Å². The molecule has 1 unspecified atom stereocenters. The Morgan fingerprint density at radius 3 is 2.69 bits per heavy atom. The number of carbonyl (C=O) groups excluding carboxylic acids is 1. The summed E-state index contributed by atoms with van der Waals surface area (Å²) < 4.78 is 5.41. The van der Waals surface area contributed by atoms with Crippen LogP contribution in [0.5, 0.6) is 0 Å². The van der Waals surface area contributed by atoms with Crippen molar-refractivity contribution in [3.8, 4) is 0 Å². The number of carbonyl (C=O) groups is 1. The third-order valence-electron chi connectivity index (χ3n) is 2.19. The van der Waals surface area contributed by atoms with E-state index in [-0.39, 0.29) is 11.8 Å². The van der Waals surface area contributed by atoms with Gasteiger partial charge in [-0.1, -0.05) is 30.3 Å².